The topological polar surface area (TPSA) is 102 Å². The molecule has 0 aliphatic carbocycles. The third kappa shape index (κ3) is 5.27. The van der Waals surface area contributed by atoms with Gasteiger partial charge in [-0.3, -0.25) is 14.3 Å². The van der Waals surface area contributed by atoms with Gasteiger partial charge in [-0.25, -0.2) is 4.79 Å². The fraction of sp³-hybridized carbons (Fsp3) is 0.167. The summed E-state index contributed by atoms with van der Waals surface area (Å²) in [6.45, 7) is 1.99. The van der Waals surface area contributed by atoms with Crippen molar-refractivity contribution in [1.82, 2.24) is 15.1 Å². The van der Waals surface area contributed by atoms with Crippen molar-refractivity contribution in [3.63, 3.8) is 0 Å². The summed E-state index contributed by atoms with van der Waals surface area (Å²) < 4.78 is 7.04. The molecule has 0 fully saturated rings. The molecule has 2 aromatic carbocycles. The highest BCUT2D eigenvalue weighted by molar-refractivity contribution is 7.20. The second-order valence-electron chi connectivity index (χ2n) is 7.48. The lowest BCUT2D eigenvalue weighted by atomic mass is 10.2. The van der Waals surface area contributed by atoms with Crippen LogP contribution >= 0.6 is 22.9 Å². The highest BCUT2D eigenvalue weighted by Crippen LogP contribution is 2.29. The summed E-state index contributed by atoms with van der Waals surface area (Å²) in [6.07, 6.45) is 0. The van der Waals surface area contributed by atoms with E-state index >= 15 is 0 Å². The van der Waals surface area contributed by atoms with E-state index < -0.39 is 18.5 Å². The summed E-state index contributed by atoms with van der Waals surface area (Å²) in [5.74, 6) is -1.28. The van der Waals surface area contributed by atoms with E-state index in [-0.39, 0.29) is 5.91 Å². The predicted molar refractivity (Wildman–Crippen MR) is 132 cm³/mol. The first-order valence-electron chi connectivity index (χ1n) is 10.3. The van der Waals surface area contributed by atoms with Crippen molar-refractivity contribution < 1.29 is 19.1 Å². The number of carbonyl (C=O) groups excluding carboxylic acids is 3. The Hall–Kier alpha value is -3.69. The molecule has 4 aromatic rings. The fourth-order valence-corrected chi connectivity index (χ4v) is 4.51. The van der Waals surface area contributed by atoms with Crippen molar-refractivity contribution in [2.45, 2.75) is 13.5 Å². The molecule has 2 amide bonds. The number of thiophene rings is 1. The van der Waals surface area contributed by atoms with Gasteiger partial charge in [0.25, 0.3) is 11.8 Å². The van der Waals surface area contributed by atoms with Crippen molar-refractivity contribution in [2.75, 3.05) is 19.0 Å². The molecule has 2 aromatic heterocycles. The number of benzene rings is 2. The van der Waals surface area contributed by atoms with Crippen LogP contribution in [-0.2, 0) is 16.1 Å². The third-order valence-electron chi connectivity index (χ3n) is 5.05. The van der Waals surface area contributed by atoms with Crippen LogP contribution in [0.5, 0.6) is 0 Å². The summed E-state index contributed by atoms with van der Waals surface area (Å²) >= 11 is 7.23. The monoisotopic (exact) mass is 496 g/mol. The molecule has 0 spiro atoms. The predicted octanol–water partition coefficient (Wildman–Crippen LogP) is 4.26. The minimum atomic E-state index is -0.580. The van der Waals surface area contributed by atoms with Crippen LogP contribution in [0, 0.1) is 6.92 Å². The van der Waals surface area contributed by atoms with Gasteiger partial charge >= 0.3 is 5.97 Å². The summed E-state index contributed by atoms with van der Waals surface area (Å²) in [4.78, 5) is 37.6. The lowest BCUT2D eigenvalue weighted by Gasteiger charge is -2.07. The van der Waals surface area contributed by atoms with Gasteiger partial charge in [-0.05, 0) is 55.0 Å². The first-order chi connectivity index (χ1) is 16.3. The van der Waals surface area contributed by atoms with Crippen LogP contribution < -0.4 is 10.6 Å². The van der Waals surface area contributed by atoms with Gasteiger partial charge in [0.15, 0.2) is 6.61 Å². The Morgan fingerprint density at radius 1 is 1.09 bits per heavy atom. The van der Waals surface area contributed by atoms with Gasteiger partial charge in [0.2, 0.25) is 0 Å². The number of aryl methyl sites for hydroxylation is 1. The van der Waals surface area contributed by atoms with E-state index in [4.69, 9.17) is 16.3 Å². The van der Waals surface area contributed by atoms with Gasteiger partial charge in [0, 0.05) is 28.7 Å². The maximum Gasteiger partial charge on any atom is 0.348 e. The number of anilines is 1. The molecule has 0 unspecified atom stereocenters. The molecule has 0 aliphatic heterocycles. The van der Waals surface area contributed by atoms with Crippen molar-refractivity contribution in [3.8, 4) is 0 Å². The Morgan fingerprint density at radius 3 is 2.47 bits per heavy atom. The van der Waals surface area contributed by atoms with E-state index in [1.165, 1.54) is 11.3 Å². The molecule has 34 heavy (non-hydrogen) atoms. The standard InChI is InChI=1S/C24H21ClN4O4S/c1-14-19-11-20(34-23(19)29(28-14)12-15-3-7-17(25)8-4-15)24(32)33-13-21(30)27-18-9-5-16(6-10-18)22(31)26-2/h3-11H,12-13H2,1-2H3,(H,26,31)(H,27,30). The van der Waals surface area contributed by atoms with Crippen LogP contribution in [0.3, 0.4) is 0 Å². The number of nitrogens with one attached hydrogen (secondary N) is 2. The SMILES string of the molecule is CNC(=O)c1ccc(NC(=O)COC(=O)c2cc3c(C)nn(Cc4ccc(Cl)cc4)c3s2)cc1. The van der Waals surface area contributed by atoms with Gasteiger partial charge in [-0.1, -0.05) is 23.7 Å². The van der Waals surface area contributed by atoms with Gasteiger partial charge < -0.3 is 15.4 Å². The molecule has 10 heteroatoms. The van der Waals surface area contributed by atoms with Crippen molar-refractivity contribution >= 4 is 56.6 Å². The molecule has 174 valence electrons. The number of fused-ring (bicyclic) bond motifs is 1. The lowest BCUT2D eigenvalue weighted by molar-refractivity contribution is -0.119. The number of hydrogen-bond donors (Lipinski definition) is 2. The molecule has 0 atom stereocenters. The summed E-state index contributed by atoms with van der Waals surface area (Å²) in [7, 11) is 1.54. The summed E-state index contributed by atoms with van der Waals surface area (Å²) in [6, 6.07) is 15.6. The number of ether oxygens (including phenoxy) is 1. The normalized spacial score (nSPS) is 10.8. The van der Waals surface area contributed by atoms with Crippen LogP contribution in [0.2, 0.25) is 5.02 Å². The number of carbonyl (C=O) groups is 3. The van der Waals surface area contributed by atoms with E-state index in [0.717, 1.165) is 21.5 Å². The van der Waals surface area contributed by atoms with Crippen molar-refractivity contribution in [3.05, 3.63) is 81.3 Å². The van der Waals surface area contributed by atoms with Crippen LogP contribution in [0.25, 0.3) is 10.2 Å². The number of hydrogen-bond acceptors (Lipinski definition) is 6. The Balaban J connectivity index is 1.38. The molecule has 0 saturated heterocycles. The Bertz CT molecular complexity index is 1360. The Labute approximate surface area is 204 Å². The van der Waals surface area contributed by atoms with E-state index in [2.05, 4.69) is 15.7 Å². The quantitative estimate of drug-likeness (QED) is 0.372. The van der Waals surface area contributed by atoms with E-state index in [0.29, 0.717) is 27.7 Å². The van der Waals surface area contributed by atoms with Crippen molar-refractivity contribution in [1.29, 1.82) is 0 Å². The second kappa shape index (κ2) is 10.1. The molecule has 8 nitrogen and oxygen atoms in total. The van der Waals surface area contributed by atoms with E-state index in [1.807, 2.05) is 35.9 Å². The zero-order valence-corrected chi connectivity index (χ0v) is 20.0. The summed E-state index contributed by atoms with van der Waals surface area (Å²) in [5.41, 5.74) is 2.80. The second-order valence-corrected chi connectivity index (χ2v) is 8.95. The third-order valence-corrected chi connectivity index (χ3v) is 6.43. The first-order valence-corrected chi connectivity index (χ1v) is 11.5. The maximum atomic E-state index is 12.6. The fourth-order valence-electron chi connectivity index (χ4n) is 3.33. The molecular formula is C24H21ClN4O4S. The molecule has 2 N–H and O–H groups in total. The van der Waals surface area contributed by atoms with Gasteiger partial charge in [-0.2, -0.15) is 5.10 Å². The smallest absolute Gasteiger partial charge is 0.348 e. The number of halogens is 1. The van der Waals surface area contributed by atoms with Gasteiger partial charge in [-0.15, -0.1) is 11.3 Å². The van der Waals surface area contributed by atoms with E-state index in [9.17, 15) is 14.4 Å². The number of nitrogens with zero attached hydrogens (tertiary/aromatic N) is 2. The molecule has 0 radical (unpaired) electrons. The number of rotatable bonds is 7. The first kappa shape index (κ1) is 23.5. The molecule has 4 rings (SSSR count). The largest absolute Gasteiger partial charge is 0.451 e. The zero-order valence-electron chi connectivity index (χ0n) is 18.4. The maximum absolute atomic E-state index is 12.6. The van der Waals surface area contributed by atoms with Gasteiger partial charge in [0.05, 0.1) is 12.2 Å². The van der Waals surface area contributed by atoms with E-state index in [1.54, 1.807) is 37.4 Å². The van der Waals surface area contributed by atoms with Crippen LogP contribution in [0.4, 0.5) is 5.69 Å². The average molecular weight is 497 g/mol. The van der Waals surface area contributed by atoms with Crippen LogP contribution in [0.15, 0.2) is 54.6 Å². The minimum absolute atomic E-state index is 0.221. The number of amides is 2. The minimum Gasteiger partial charge on any atom is -0.451 e. The van der Waals surface area contributed by atoms with Gasteiger partial charge in [0.1, 0.15) is 9.71 Å². The Morgan fingerprint density at radius 2 is 1.79 bits per heavy atom. The summed E-state index contributed by atoms with van der Waals surface area (Å²) in [5, 5.41) is 11.3. The van der Waals surface area contributed by atoms with Crippen molar-refractivity contribution in [2.24, 2.45) is 0 Å². The molecule has 0 saturated carbocycles. The molecular weight excluding hydrogens is 476 g/mol. The molecule has 2 heterocycles. The average Bonchev–Trinajstić information content (AvgIpc) is 3.40. The number of esters is 1. The van der Waals surface area contributed by atoms with Crippen LogP contribution in [0.1, 0.15) is 31.3 Å². The highest BCUT2D eigenvalue weighted by atomic mass is 35.5. The highest BCUT2D eigenvalue weighted by Gasteiger charge is 2.18. The lowest BCUT2D eigenvalue weighted by Crippen LogP contribution is -2.21. The molecule has 0 aliphatic rings. The molecule has 0 bridgehead atoms. The Kier molecular flexibility index (Phi) is 6.95. The number of aromatic nitrogens is 2. The zero-order chi connectivity index (χ0) is 24.2. The van der Waals surface area contributed by atoms with Crippen LogP contribution in [-0.4, -0.2) is 41.2 Å².